The fraction of sp³-hybridized carbons (Fsp3) is 0.182. The van der Waals surface area contributed by atoms with Crippen LogP contribution in [0.25, 0.3) is 0 Å². The molecular formula is C11H10N2O4. The topological polar surface area (TPSA) is 86.7 Å². The van der Waals surface area contributed by atoms with Gasteiger partial charge in [0.2, 0.25) is 5.91 Å². The fourth-order valence-corrected chi connectivity index (χ4v) is 1.57. The second-order valence-corrected chi connectivity index (χ2v) is 3.62. The van der Waals surface area contributed by atoms with E-state index in [1.807, 2.05) is 0 Å². The smallest absolute Gasteiger partial charge is 0.329 e. The molecule has 0 bridgehead atoms. The number of nitrogens with one attached hydrogen (secondary N) is 1. The fourth-order valence-electron chi connectivity index (χ4n) is 1.57. The Morgan fingerprint density at radius 2 is 1.94 bits per heavy atom. The van der Waals surface area contributed by atoms with E-state index in [0.717, 1.165) is 4.90 Å². The van der Waals surface area contributed by atoms with Crippen LogP contribution in [0.2, 0.25) is 0 Å². The highest BCUT2D eigenvalue weighted by atomic mass is 16.4. The van der Waals surface area contributed by atoms with Crippen LogP contribution in [-0.2, 0) is 9.59 Å². The number of imide groups is 1. The molecule has 1 unspecified atom stereocenters. The van der Waals surface area contributed by atoms with Crippen molar-refractivity contribution in [3.8, 4) is 0 Å². The van der Waals surface area contributed by atoms with Crippen molar-refractivity contribution < 1.29 is 19.5 Å². The number of likely N-dealkylation sites (tertiary alicyclic amines) is 1. The molecule has 1 heterocycles. The number of urea groups is 1. The molecule has 0 radical (unpaired) electrons. The second kappa shape index (κ2) is 4.25. The average Bonchev–Trinajstić information content (AvgIpc) is 2.26. The SMILES string of the molecule is O=C(O)C1CC(=O)N1C(=O)Nc1ccccc1. The maximum Gasteiger partial charge on any atom is 0.329 e. The Balaban J connectivity index is 2.05. The lowest BCUT2D eigenvalue weighted by Gasteiger charge is -2.35. The highest BCUT2D eigenvalue weighted by molar-refractivity contribution is 6.09. The van der Waals surface area contributed by atoms with E-state index in [2.05, 4.69) is 5.32 Å². The van der Waals surface area contributed by atoms with Crippen LogP contribution in [0.4, 0.5) is 10.5 Å². The molecule has 1 aliphatic rings. The van der Waals surface area contributed by atoms with Gasteiger partial charge in [0.1, 0.15) is 6.04 Å². The Morgan fingerprint density at radius 3 is 2.47 bits per heavy atom. The van der Waals surface area contributed by atoms with Crippen molar-refractivity contribution in [2.24, 2.45) is 0 Å². The average molecular weight is 234 g/mol. The van der Waals surface area contributed by atoms with Gasteiger partial charge in [0.05, 0.1) is 6.42 Å². The quantitative estimate of drug-likeness (QED) is 0.744. The minimum Gasteiger partial charge on any atom is -0.480 e. The van der Waals surface area contributed by atoms with E-state index in [1.54, 1.807) is 30.3 Å². The lowest BCUT2D eigenvalue weighted by atomic mass is 10.0. The Labute approximate surface area is 96.8 Å². The lowest BCUT2D eigenvalue weighted by Crippen LogP contribution is -2.60. The van der Waals surface area contributed by atoms with Gasteiger partial charge in [-0.3, -0.25) is 4.79 Å². The van der Waals surface area contributed by atoms with Crippen molar-refractivity contribution >= 4 is 23.6 Å². The third kappa shape index (κ3) is 2.10. The Kier molecular flexibility index (Phi) is 2.78. The van der Waals surface area contributed by atoms with Crippen molar-refractivity contribution in [1.82, 2.24) is 4.90 Å². The van der Waals surface area contributed by atoms with E-state index in [4.69, 9.17) is 5.11 Å². The van der Waals surface area contributed by atoms with Crippen LogP contribution in [-0.4, -0.2) is 34.0 Å². The molecule has 1 aliphatic heterocycles. The Morgan fingerprint density at radius 1 is 1.29 bits per heavy atom. The van der Waals surface area contributed by atoms with Gasteiger partial charge in [-0.15, -0.1) is 0 Å². The van der Waals surface area contributed by atoms with Crippen molar-refractivity contribution in [2.75, 3.05) is 5.32 Å². The number of hydrogen-bond acceptors (Lipinski definition) is 3. The van der Waals surface area contributed by atoms with Gasteiger partial charge in [0, 0.05) is 5.69 Å². The van der Waals surface area contributed by atoms with E-state index < -0.39 is 23.9 Å². The predicted octanol–water partition coefficient (Wildman–Crippen LogP) is 0.904. The van der Waals surface area contributed by atoms with Crippen molar-refractivity contribution in [3.63, 3.8) is 0 Å². The zero-order chi connectivity index (χ0) is 12.4. The summed E-state index contributed by atoms with van der Waals surface area (Å²) in [6, 6.07) is 6.77. The lowest BCUT2D eigenvalue weighted by molar-refractivity contribution is -0.157. The van der Waals surface area contributed by atoms with E-state index in [-0.39, 0.29) is 6.42 Å². The van der Waals surface area contributed by atoms with Crippen molar-refractivity contribution in [3.05, 3.63) is 30.3 Å². The number of carboxylic acid groups (broad SMARTS) is 1. The number of carbonyl (C=O) groups is 3. The molecule has 0 saturated carbocycles. The molecule has 1 fully saturated rings. The molecule has 0 spiro atoms. The Hall–Kier alpha value is -2.37. The minimum absolute atomic E-state index is 0.127. The highest BCUT2D eigenvalue weighted by Crippen LogP contribution is 2.20. The van der Waals surface area contributed by atoms with E-state index >= 15 is 0 Å². The standard InChI is InChI=1S/C11H10N2O4/c14-9-6-8(10(15)16)13(9)11(17)12-7-4-2-1-3-5-7/h1-5,8H,6H2,(H,12,17)(H,15,16). The number of benzene rings is 1. The normalized spacial score (nSPS) is 18.5. The summed E-state index contributed by atoms with van der Waals surface area (Å²) in [7, 11) is 0. The van der Waals surface area contributed by atoms with Gasteiger partial charge >= 0.3 is 12.0 Å². The number of β-lactam (4-membered cyclic amide) rings is 1. The molecule has 3 amide bonds. The molecule has 1 aromatic rings. The summed E-state index contributed by atoms with van der Waals surface area (Å²) in [6.07, 6.45) is -0.127. The third-order valence-electron chi connectivity index (χ3n) is 2.48. The summed E-state index contributed by atoms with van der Waals surface area (Å²) in [5.74, 6) is -1.65. The van der Waals surface area contributed by atoms with Crippen LogP contribution >= 0.6 is 0 Å². The molecule has 1 aromatic carbocycles. The monoisotopic (exact) mass is 234 g/mol. The second-order valence-electron chi connectivity index (χ2n) is 3.62. The molecular weight excluding hydrogens is 224 g/mol. The van der Waals surface area contributed by atoms with Gasteiger partial charge in [0.15, 0.2) is 0 Å². The first-order valence-electron chi connectivity index (χ1n) is 5.00. The van der Waals surface area contributed by atoms with E-state index in [9.17, 15) is 14.4 Å². The highest BCUT2D eigenvalue weighted by Gasteiger charge is 2.45. The van der Waals surface area contributed by atoms with Crippen LogP contribution in [0, 0.1) is 0 Å². The summed E-state index contributed by atoms with van der Waals surface area (Å²) < 4.78 is 0. The molecule has 17 heavy (non-hydrogen) atoms. The number of carbonyl (C=O) groups excluding carboxylic acids is 2. The zero-order valence-corrected chi connectivity index (χ0v) is 8.79. The number of nitrogens with zero attached hydrogens (tertiary/aromatic N) is 1. The number of hydrogen-bond donors (Lipinski definition) is 2. The van der Waals surface area contributed by atoms with Gasteiger partial charge in [-0.1, -0.05) is 18.2 Å². The largest absolute Gasteiger partial charge is 0.480 e. The summed E-state index contributed by atoms with van der Waals surface area (Å²) in [5, 5.41) is 11.2. The molecule has 2 rings (SSSR count). The molecule has 0 aliphatic carbocycles. The minimum atomic E-state index is -1.17. The van der Waals surface area contributed by atoms with E-state index in [1.165, 1.54) is 0 Å². The van der Waals surface area contributed by atoms with E-state index in [0.29, 0.717) is 5.69 Å². The summed E-state index contributed by atoms with van der Waals surface area (Å²) in [4.78, 5) is 34.3. The van der Waals surface area contributed by atoms with Crippen LogP contribution in [0.5, 0.6) is 0 Å². The summed E-state index contributed by atoms with van der Waals surface area (Å²) >= 11 is 0. The molecule has 88 valence electrons. The number of para-hydroxylation sites is 1. The number of anilines is 1. The predicted molar refractivity (Wildman–Crippen MR) is 58.3 cm³/mol. The van der Waals surface area contributed by atoms with Crippen LogP contribution in [0.15, 0.2) is 30.3 Å². The van der Waals surface area contributed by atoms with Crippen LogP contribution in [0.1, 0.15) is 6.42 Å². The summed E-state index contributed by atoms with van der Waals surface area (Å²) in [6.45, 7) is 0. The maximum atomic E-state index is 11.7. The van der Waals surface area contributed by atoms with Crippen LogP contribution < -0.4 is 5.32 Å². The number of carboxylic acids is 1. The number of aliphatic carboxylic acids is 1. The first-order chi connectivity index (χ1) is 8.09. The summed E-state index contributed by atoms with van der Waals surface area (Å²) in [5.41, 5.74) is 0.515. The first-order valence-corrected chi connectivity index (χ1v) is 5.00. The Bertz CT molecular complexity index is 472. The molecule has 1 atom stereocenters. The first kappa shape index (κ1) is 11.1. The molecule has 2 N–H and O–H groups in total. The molecule has 0 aromatic heterocycles. The van der Waals surface area contributed by atoms with Crippen LogP contribution in [0.3, 0.4) is 0 Å². The van der Waals surface area contributed by atoms with Crippen molar-refractivity contribution in [2.45, 2.75) is 12.5 Å². The van der Waals surface area contributed by atoms with Gasteiger partial charge in [-0.05, 0) is 12.1 Å². The van der Waals surface area contributed by atoms with Gasteiger partial charge in [-0.2, -0.15) is 0 Å². The third-order valence-corrected chi connectivity index (χ3v) is 2.48. The molecule has 6 heteroatoms. The number of rotatable bonds is 2. The van der Waals surface area contributed by atoms with Gasteiger partial charge < -0.3 is 10.4 Å². The van der Waals surface area contributed by atoms with Crippen molar-refractivity contribution in [1.29, 1.82) is 0 Å². The molecule has 1 saturated heterocycles. The zero-order valence-electron chi connectivity index (χ0n) is 8.79. The maximum absolute atomic E-state index is 11.7. The number of amides is 3. The molecule has 6 nitrogen and oxygen atoms in total. The van der Waals surface area contributed by atoms with Gasteiger partial charge in [-0.25, -0.2) is 14.5 Å². The van der Waals surface area contributed by atoms with Gasteiger partial charge in [0.25, 0.3) is 0 Å².